The Morgan fingerprint density at radius 3 is 0.935 bits per heavy atom. The molecule has 62 heavy (non-hydrogen) atoms. The van der Waals surface area contributed by atoms with Crippen LogP contribution in [0.2, 0.25) is 0 Å². The van der Waals surface area contributed by atoms with Gasteiger partial charge in [0.1, 0.15) is 6.61 Å². The van der Waals surface area contributed by atoms with Crippen molar-refractivity contribution in [2.24, 2.45) is 0 Å². The van der Waals surface area contributed by atoms with Gasteiger partial charge in [-0.15, -0.1) is 0 Å². The zero-order chi connectivity index (χ0) is 44.9. The maximum atomic E-state index is 12.7. The van der Waals surface area contributed by atoms with Gasteiger partial charge in [0.2, 0.25) is 0 Å². The van der Waals surface area contributed by atoms with E-state index in [0.29, 0.717) is 6.61 Å². The lowest BCUT2D eigenvalue weighted by Crippen LogP contribution is -2.29. The Balaban J connectivity index is 4.70. The summed E-state index contributed by atoms with van der Waals surface area (Å²) in [5, 5.41) is 0. The molecule has 5 heteroatoms. The number of carbonyl (C=O) groups is 2. The molecule has 0 spiro atoms. The Kier molecular flexibility index (Phi) is 46.3. The molecule has 1 unspecified atom stereocenters. The largest absolute Gasteiger partial charge is 0.461 e. The van der Waals surface area contributed by atoms with E-state index in [-0.39, 0.29) is 38.0 Å². The smallest absolute Gasteiger partial charge is 0.310 e. The van der Waals surface area contributed by atoms with Gasteiger partial charge in [0, 0.05) is 0 Å². The first-order valence-electron chi connectivity index (χ1n) is 23.3. The topological polar surface area (TPSA) is 61.8 Å². The van der Waals surface area contributed by atoms with Crippen LogP contribution in [0.3, 0.4) is 0 Å². The monoisotopic (exact) mass is 847 g/mol. The minimum atomic E-state index is -0.684. The molecule has 0 aliphatic heterocycles. The number of allylic oxidation sites excluding steroid dienone is 27. The van der Waals surface area contributed by atoms with E-state index in [2.05, 4.69) is 179 Å². The van der Waals surface area contributed by atoms with Gasteiger partial charge < -0.3 is 14.2 Å². The predicted octanol–water partition coefficient (Wildman–Crippen LogP) is 15.9. The summed E-state index contributed by atoms with van der Waals surface area (Å²) in [5.74, 6) is -0.754. The molecule has 0 N–H and O–H groups in total. The van der Waals surface area contributed by atoms with E-state index in [0.717, 1.165) is 103 Å². The number of rotatable bonds is 39. The first-order chi connectivity index (χ1) is 30.6. The highest BCUT2D eigenvalue weighted by atomic mass is 16.6. The lowest BCUT2D eigenvalue weighted by molar-refractivity contribution is -0.161. The molecule has 0 heterocycles. The summed E-state index contributed by atoms with van der Waals surface area (Å²) < 4.78 is 17.0. The van der Waals surface area contributed by atoms with E-state index < -0.39 is 6.10 Å². The Hall–Kier alpha value is -5.00. The third-order valence-electron chi connectivity index (χ3n) is 8.50. The highest BCUT2D eigenvalue weighted by molar-refractivity contribution is 5.72. The molecule has 0 fully saturated rings. The molecule has 0 aliphatic rings. The summed E-state index contributed by atoms with van der Waals surface area (Å²) in [4.78, 5) is 25.2. The van der Waals surface area contributed by atoms with Gasteiger partial charge in [-0.2, -0.15) is 0 Å². The molecule has 0 saturated heterocycles. The minimum absolute atomic E-state index is 0.0530. The zero-order valence-electron chi connectivity index (χ0n) is 38.8. The maximum absolute atomic E-state index is 12.7. The Labute approximate surface area is 378 Å². The Morgan fingerprint density at radius 2 is 0.613 bits per heavy atom. The van der Waals surface area contributed by atoms with E-state index in [1.807, 2.05) is 24.3 Å². The third kappa shape index (κ3) is 47.7. The van der Waals surface area contributed by atoms with Crippen molar-refractivity contribution >= 4 is 11.9 Å². The fourth-order valence-corrected chi connectivity index (χ4v) is 5.19. The summed E-state index contributed by atoms with van der Waals surface area (Å²) >= 11 is 0. The molecule has 0 aromatic rings. The molecule has 0 aromatic heterocycles. The van der Waals surface area contributed by atoms with Crippen LogP contribution in [0.1, 0.15) is 136 Å². The Morgan fingerprint density at radius 1 is 0.339 bits per heavy atom. The number of esters is 2. The van der Waals surface area contributed by atoms with Crippen LogP contribution >= 0.6 is 0 Å². The first kappa shape index (κ1) is 57.0. The van der Waals surface area contributed by atoms with Gasteiger partial charge in [-0.25, -0.2) is 0 Å². The van der Waals surface area contributed by atoms with Gasteiger partial charge in [-0.05, 0) is 103 Å². The summed E-state index contributed by atoms with van der Waals surface area (Å²) in [6, 6.07) is 0. The van der Waals surface area contributed by atoms with Crippen molar-refractivity contribution in [3.05, 3.63) is 182 Å². The molecule has 0 saturated carbocycles. The molecule has 0 bridgehead atoms. The molecule has 0 radical (unpaired) electrons. The van der Waals surface area contributed by atoms with Crippen LogP contribution in [0.4, 0.5) is 0 Å². The molecular formula is C57H82O5. The fraction of sp³-hybridized carbons (Fsp3) is 0.439. The molecule has 0 rings (SSSR count). The predicted molar refractivity (Wildman–Crippen MR) is 269 cm³/mol. The highest BCUT2D eigenvalue weighted by Crippen LogP contribution is 2.05. The van der Waals surface area contributed by atoms with Crippen molar-refractivity contribution < 1.29 is 23.8 Å². The highest BCUT2D eigenvalue weighted by Gasteiger charge is 2.16. The second-order valence-electron chi connectivity index (χ2n) is 14.2. The lowest BCUT2D eigenvalue weighted by Gasteiger charge is -2.17. The van der Waals surface area contributed by atoms with Gasteiger partial charge in [0.15, 0.2) is 6.10 Å². The molecule has 5 nitrogen and oxygen atoms in total. The SMILES string of the molecule is CC/C=C\C/C=C\C/C=C\C/C=C\C/C=C\CCOCC(COC(=O)C/C=C\C/C=C\C/C=C\C/C=C\C/C=C\CC)OC(=O)C/C=C\C/C=C\C/C=C\C/C=C\C/C=C\CC. The van der Waals surface area contributed by atoms with Crippen LogP contribution in [0.5, 0.6) is 0 Å². The molecule has 1 atom stereocenters. The number of hydrogen-bond donors (Lipinski definition) is 0. The van der Waals surface area contributed by atoms with Crippen LogP contribution in [0.25, 0.3) is 0 Å². The van der Waals surface area contributed by atoms with Crippen molar-refractivity contribution in [1.29, 1.82) is 0 Å². The van der Waals surface area contributed by atoms with E-state index in [1.54, 1.807) is 0 Å². The third-order valence-corrected chi connectivity index (χ3v) is 8.50. The summed E-state index contributed by atoms with van der Waals surface area (Å²) in [6.07, 6.45) is 78.2. The van der Waals surface area contributed by atoms with Crippen molar-refractivity contribution in [2.75, 3.05) is 19.8 Å². The average Bonchev–Trinajstić information content (AvgIpc) is 3.27. The van der Waals surface area contributed by atoms with Crippen LogP contribution in [0.15, 0.2) is 182 Å². The second-order valence-corrected chi connectivity index (χ2v) is 14.2. The standard InChI is InChI=1S/C57H82O5/c1-4-7-10-13-16-19-22-25-28-31-34-37-40-43-46-49-52-60-53-55(62-57(59)51-48-45-42-39-36-33-30-27-24-21-18-15-12-9-6-3)54-61-56(58)50-47-44-41-38-35-32-29-26-23-20-17-14-11-8-5-2/h7-12,16-21,25-30,34-39,43-48,55H,4-6,13-15,22-24,31-33,40-42,49-54H2,1-3H3/b10-7-,11-8-,12-9-,19-16-,20-17-,21-18-,28-25-,29-26-,30-27-,37-34-,38-35-,39-36-,46-43-,47-44-,48-45-. The molecular weight excluding hydrogens is 765 g/mol. The molecule has 340 valence electrons. The summed E-state index contributed by atoms with van der Waals surface area (Å²) in [6.45, 7) is 7.00. The van der Waals surface area contributed by atoms with Gasteiger partial charge in [0.05, 0.1) is 26.1 Å². The number of carbonyl (C=O) groups excluding carboxylic acids is 2. The van der Waals surface area contributed by atoms with Crippen LogP contribution in [-0.2, 0) is 23.8 Å². The zero-order valence-corrected chi connectivity index (χ0v) is 38.8. The van der Waals surface area contributed by atoms with Crippen LogP contribution < -0.4 is 0 Å². The van der Waals surface area contributed by atoms with Crippen LogP contribution in [0, 0.1) is 0 Å². The van der Waals surface area contributed by atoms with E-state index >= 15 is 0 Å². The average molecular weight is 847 g/mol. The van der Waals surface area contributed by atoms with Gasteiger partial charge in [-0.1, -0.05) is 203 Å². The normalized spacial score (nSPS) is 13.9. The molecule has 0 amide bonds. The van der Waals surface area contributed by atoms with Crippen molar-refractivity contribution in [2.45, 2.75) is 142 Å². The second kappa shape index (κ2) is 50.4. The molecule has 0 aliphatic carbocycles. The minimum Gasteiger partial charge on any atom is -0.461 e. The lowest BCUT2D eigenvalue weighted by atomic mass is 10.2. The van der Waals surface area contributed by atoms with E-state index in [1.165, 1.54) is 0 Å². The van der Waals surface area contributed by atoms with E-state index in [4.69, 9.17) is 14.2 Å². The maximum Gasteiger partial charge on any atom is 0.310 e. The number of ether oxygens (including phenoxy) is 3. The van der Waals surface area contributed by atoms with Gasteiger partial charge in [0.25, 0.3) is 0 Å². The van der Waals surface area contributed by atoms with Crippen molar-refractivity contribution in [1.82, 2.24) is 0 Å². The van der Waals surface area contributed by atoms with Crippen LogP contribution in [-0.4, -0.2) is 37.9 Å². The summed E-state index contributed by atoms with van der Waals surface area (Å²) in [5.41, 5.74) is 0. The van der Waals surface area contributed by atoms with Gasteiger partial charge >= 0.3 is 11.9 Å². The van der Waals surface area contributed by atoms with Gasteiger partial charge in [-0.3, -0.25) is 9.59 Å². The van der Waals surface area contributed by atoms with E-state index in [9.17, 15) is 9.59 Å². The first-order valence-corrected chi connectivity index (χ1v) is 23.3. The summed E-state index contributed by atoms with van der Waals surface area (Å²) in [7, 11) is 0. The quantitative estimate of drug-likeness (QED) is 0.0350. The van der Waals surface area contributed by atoms with Crippen molar-refractivity contribution in [3.63, 3.8) is 0 Å². The van der Waals surface area contributed by atoms with Crippen molar-refractivity contribution in [3.8, 4) is 0 Å². The fourth-order valence-electron chi connectivity index (χ4n) is 5.19. The Bertz CT molecular complexity index is 1510. The molecule has 0 aromatic carbocycles. The number of hydrogen-bond acceptors (Lipinski definition) is 5.